The Kier molecular flexibility index (Phi) is 6.30. The van der Waals surface area contributed by atoms with Gasteiger partial charge in [-0.15, -0.1) is 5.10 Å². The van der Waals surface area contributed by atoms with E-state index < -0.39 is 6.04 Å². The van der Waals surface area contributed by atoms with Gasteiger partial charge in [-0.05, 0) is 74.7 Å². The van der Waals surface area contributed by atoms with Crippen LogP contribution in [0.15, 0.2) is 29.1 Å². The van der Waals surface area contributed by atoms with Crippen LogP contribution >= 0.6 is 0 Å². The number of H-pyrrole nitrogens is 1. The van der Waals surface area contributed by atoms with Gasteiger partial charge in [0.05, 0.1) is 18.2 Å². The van der Waals surface area contributed by atoms with Crippen molar-refractivity contribution in [2.24, 2.45) is 0 Å². The van der Waals surface area contributed by atoms with Gasteiger partial charge in [-0.2, -0.15) is 0 Å². The smallest absolute Gasteiger partial charge is 0.253 e. The molecular formula is C23H32N6O3. The van der Waals surface area contributed by atoms with Crippen molar-refractivity contribution in [2.75, 3.05) is 19.7 Å². The number of aromatic nitrogens is 5. The second kappa shape index (κ2) is 8.99. The maximum Gasteiger partial charge on any atom is 0.253 e. The van der Waals surface area contributed by atoms with Crippen LogP contribution in [-0.4, -0.2) is 61.0 Å². The Bertz CT molecular complexity index is 1130. The normalized spacial score (nSPS) is 17.0. The zero-order valence-electron chi connectivity index (χ0n) is 19.2. The summed E-state index contributed by atoms with van der Waals surface area (Å²) in [5.74, 6) is 1.40. The molecule has 0 amide bonds. The molecule has 2 aromatic heterocycles. The standard InChI is InChI=1S/C23H32N6O3/c1-5-23(3,4)29-21(25-26-27-29)20(28-11-9-16(30)10-12-28)18-14-15-13-17(32-6-2)7-8-19(15)24-22(18)31/h7-8,13-14,16,20,30H,5-6,9-12H2,1-4H3,(H,24,31)/t20-/m0/s1. The van der Waals surface area contributed by atoms with E-state index in [1.807, 2.05) is 35.9 Å². The number of benzene rings is 1. The fourth-order valence-electron chi connectivity index (χ4n) is 4.25. The summed E-state index contributed by atoms with van der Waals surface area (Å²) < 4.78 is 7.49. The lowest BCUT2D eigenvalue weighted by molar-refractivity contribution is 0.0644. The number of aromatic amines is 1. The summed E-state index contributed by atoms with van der Waals surface area (Å²) in [5.41, 5.74) is 0.869. The third kappa shape index (κ3) is 4.27. The van der Waals surface area contributed by atoms with Crippen molar-refractivity contribution >= 4 is 10.9 Å². The molecule has 3 heterocycles. The Morgan fingerprint density at radius 3 is 2.69 bits per heavy atom. The molecule has 172 valence electrons. The molecule has 1 aromatic carbocycles. The van der Waals surface area contributed by atoms with Crippen LogP contribution in [-0.2, 0) is 5.54 Å². The van der Waals surface area contributed by atoms with Gasteiger partial charge < -0.3 is 14.8 Å². The number of hydrogen-bond donors (Lipinski definition) is 2. The van der Waals surface area contributed by atoms with Crippen LogP contribution in [0.4, 0.5) is 0 Å². The van der Waals surface area contributed by atoms with Crippen LogP contribution < -0.4 is 10.3 Å². The highest BCUT2D eigenvalue weighted by Crippen LogP contribution is 2.32. The van der Waals surface area contributed by atoms with E-state index in [0.29, 0.717) is 43.9 Å². The number of aliphatic hydroxyl groups excluding tert-OH is 1. The number of likely N-dealkylation sites (tertiary alicyclic amines) is 1. The monoisotopic (exact) mass is 440 g/mol. The molecule has 0 unspecified atom stereocenters. The van der Waals surface area contributed by atoms with E-state index >= 15 is 0 Å². The van der Waals surface area contributed by atoms with Crippen LogP contribution in [0.2, 0.25) is 0 Å². The van der Waals surface area contributed by atoms with Gasteiger partial charge in [0.15, 0.2) is 5.82 Å². The average molecular weight is 441 g/mol. The minimum atomic E-state index is -0.424. The highest BCUT2D eigenvalue weighted by atomic mass is 16.5. The number of nitrogens with zero attached hydrogens (tertiary/aromatic N) is 5. The summed E-state index contributed by atoms with van der Waals surface area (Å²) in [6.07, 6.45) is 1.81. The molecule has 1 aliphatic rings. The summed E-state index contributed by atoms with van der Waals surface area (Å²) in [7, 11) is 0. The summed E-state index contributed by atoms with van der Waals surface area (Å²) in [4.78, 5) is 18.5. The zero-order chi connectivity index (χ0) is 22.9. The predicted octanol–water partition coefficient (Wildman–Crippen LogP) is 2.60. The summed E-state index contributed by atoms with van der Waals surface area (Å²) in [6, 6.07) is 7.16. The first kappa shape index (κ1) is 22.4. The molecule has 1 atom stereocenters. The van der Waals surface area contributed by atoms with E-state index in [1.54, 1.807) is 0 Å². The highest BCUT2D eigenvalue weighted by Gasteiger charge is 2.35. The SMILES string of the molecule is CCOc1ccc2[nH]c(=O)c([C@@H](c3nnnn3C(C)(C)CC)N3CCC(O)CC3)cc2c1. The molecule has 3 aromatic rings. The number of tetrazole rings is 1. The van der Waals surface area contributed by atoms with Gasteiger partial charge in [0.2, 0.25) is 0 Å². The minimum absolute atomic E-state index is 0.165. The third-order valence-corrected chi connectivity index (χ3v) is 6.49. The summed E-state index contributed by atoms with van der Waals surface area (Å²) in [6.45, 7) is 10.1. The van der Waals surface area contributed by atoms with E-state index in [-0.39, 0.29) is 17.2 Å². The summed E-state index contributed by atoms with van der Waals surface area (Å²) >= 11 is 0. The van der Waals surface area contributed by atoms with Gasteiger partial charge in [-0.3, -0.25) is 9.69 Å². The lowest BCUT2D eigenvalue weighted by Crippen LogP contribution is -2.43. The number of pyridine rings is 1. The Morgan fingerprint density at radius 1 is 1.25 bits per heavy atom. The van der Waals surface area contributed by atoms with Crippen molar-refractivity contribution in [1.82, 2.24) is 30.1 Å². The van der Waals surface area contributed by atoms with Gasteiger partial charge in [-0.25, -0.2) is 4.68 Å². The van der Waals surface area contributed by atoms with Crippen molar-refractivity contribution < 1.29 is 9.84 Å². The van der Waals surface area contributed by atoms with Crippen LogP contribution in [0, 0.1) is 0 Å². The number of hydrogen-bond acceptors (Lipinski definition) is 7. The maximum absolute atomic E-state index is 13.3. The lowest BCUT2D eigenvalue weighted by Gasteiger charge is -2.36. The number of ether oxygens (including phenoxy) is 1. The van der Waals surface area contributed by atoms with Crippen molar-refractivity contribution in [2.45, 2.75) is 64.6 Å². The molecule has 9 heteroatoms. The quantitative estimate of drug-likeness (QED) is 0.581. The Hall–Kier alpha value is -2.78. The fraction of sp³-hybridized carbons (Fsp3) is 0.565. The Balaban J connectivity index is 1.87. The predicted molar refractivity (Wildman–Crippen MR) is 122 cm³/mol. The van der Waals surface area contributed by atoms with Gasteiger partial charge in [0.25, 0.3) is 5.56 Å². The van der Waals surface area contributed by atoms with Gasteiger partial charge >= 0.3 is 0 Å². The van der Waals surface area contributed by atoms with Crippen LogP contribution in [0.3, 0.4) is 0 Å². The molecule has 4 rings (SSSR count). The fourth-order valence-corrected chi connectivity index (χ4v) is 4.25. The molecule has 2 N–H and O–H groups in total. The topological polar surface area (TPSA) is 109 Å². The number of fused-ring (bicyclic) bond motifs is 1. The average Bonchev–Trinajstić information content (AvgIpc) is 3.26. The molecule has 9 nitrogen and oxygen atoms in total. The third-order valence-electron chi connectivity index (χ3n) is 6.49. The largest absolute Gasteiger partial charge is 0.494 e. The molecule has 32 heavy (non-hydrogen) atoms. The van der Waals surface area contributed by atoms with E-state index in [2.05, 4.69) is 46.2 Å². The molecule has 0 aliphatic carbocycles. The second-order valence-electron chi connectivity index (χ2n) is 9.02. The molecule has 1 saturated heterocycles. The zero-order valence-corrected chi connectivity index (χ0v) is 19.2. The van der Waals surface area contributed by atoms with E-state index in [9.17, 15) is 9.90 Å². The lowest BCUT2D eigenvalue weighted by atomic mass is 9.97. The maximum atomic E-state index is 13.3. The first-order chi connectivity index (χ1) is 15.3. The van der Waals surface area contributed by atoms with Crippen LogP contribution in [0.25, 0.3) is 10.9 Å². The van der Waals surface area contributed by atoms with E-state index in [4.69, 9.17) is 4.74 Å². The number of rotatable bonds is 7. The van der Waals surface area contributed by atoms with Crippen molar-refractivity contribution in [1.29, 1.82) is 0 Å². The van der Waals surface area contributed by atoms with E-state index in [1.165, 1.54) is 0 Å². The molecule has 0 saturated carbocycles. The molecule has 0 bridgehead atoms. The molecule has 0 spiro atoms. The molecular weight excluding hydrogens is 408 g/mol. The Labute approximate surface area is 187 Å². The molecule has 0 radical (unpaired) electrons. The Morgan fingerprint density at radius 2 is 2.00 bits per heavy atom. The first-order valence-corrected chi connectivity index (χ1v) is 11.3. The number of nitrogens with one attached hydrogen (secondary N) is 1. The van der Waals surface area contributed by atoms with Crippen LogP contribution in [0.1, 0.15) is 64.4 Å². The van der Waals surface area contributed by atoms with Gasteiger partial charge in [0.1, 0.15) is 11.8 Å². The number of aliphatic hydroxyl groups is 1. The molecule has 1 fully saturated rings. The number of piperidine rings is 1. The molecule has 1 aliphatic heterocycles. The van der Waals surface area contributed by atoms with Gasteiger partial charge in [-0.1, -0.05) is 6.92 Å². The second-order valence-corrected chi connectivity index (χ2v) is 9.02. The van der Waals surface area contributed by atoms with Crippen molar-refractivity contribution in [3.05, 3.63) is 46.0 Å². The van der Waals surface area contributed by atoms with Crippen molar-refractivity contribution in [3.8, 4) is 5.75 Å². The van der Waals surface area contributed by atoms with Crippen LogP contribution in [0.5, 0.6) is 5.75 Å². The van der Waals surface area contributed by atoms with Gasteiger partial charge in [0, 0.05) is 29.6 Å². The summed E-state index contributed by atoms with van der Waals surface area (Å²) in [5, 5.41) is 23.6. The highest BCUT2D eigenvalue weighted by molar-refractivity contribution is 5.80. The minimum Gasteiger partial charge on any atom is -0.494 e. The van der Waals surface area contributed by atoms with Crippen molar-refractivity contribution in [3.63, 3.8) is 0 Å². The van der Waals surface area contributed by atoms with E-state index in [0.717, 1.165) is 23.1 Å². The first-order valence-electron chi connectivity index (χ1n) is 11.3.